The summed E-state index contributed by atoms with van der Waals surface area (Å²) < 4.78 is 24.4. The third-order valence-electron chi connectivity index (χ3n) is 2.17. The van der Waals surface area contributed by atoms with Gasteiger partial charge in [0.25, 0.3) is 0 Å². The van der Waals surface area contributed by atoms with Crippen molar-refractivity contribution in [2.75, 3.05) is 19.3 Å². The smallest absolute Gasteiger partial charge is 0.212 e. The maximum Gasteiger partial charge on any atom is 0.212 e. The second kappa shape index (κ2) is 5.83. The molecule has 6 heteroatoms. The van der Waals surface area contributed by atoms with Crippen LogP contribution in [0, 0.1) is 0 Å². The molecule has 0 saturated heterocycles. The Morgan fingerprint density at radius 1 is 1.31 bits per heavy atom. The summed E-state index contributed by atoms with van der Waals surface area (Å²) in [5, 5.41) is 12.4. The van der Waals surface area contributed by atoms with E-state index in [1.54, 1.807) is 18.2 Å². The zero-order valence-electron chi connectivity index (χ0n) is 9.10. The zero-order chi connectivity index (χ0) is 12.0. The minimum atomic E-state index is -3.16. The lowest BCUT2D eigenvalue weighted by atomic mass is 10.2. The van der Waals surface area contributed by atoms with Crippen molar-refractivity contribution in [1.82, 2.24) is 10.0 Å². The fourth-order valence-corrected chi connectivity index (χ4v) is 1.81. The Balaban J connectivity index is 2.35. The SMILES string of the molecule is CNS(=O)(=O)CCNCc1ccccc1O. The first kappa shape index (κ1) is 13.0. The van der Waals surface area contributed by atoms with Gasteiger partial charge in [-0.05, 0) is 13.1 Å². The van der Waals surface area contributed by atoms with Crippen LogP contribution in [0.25, 0.3) is 0 Å². The van der Waals surface area contributed by atoms with E-state index in [4.69, 9.17) is 0 Å². The van der Waals surface area contributed by atoms with Crippen molar-refractivity contribution in [2.45, 2.75) is 6.54 Å². The highest BCUT2D eigenvalue weighted by Crippen LogP contribution is 2.14. The molecule has 0 amide bonds. The Morgan fingerprint density at radius 3 is 2.62 bits per heavy atom. The molecule has 0 heterocycles. The predicted molar refractivity (Wildman–Crippen MR) is 62.7 cm³/mol. The molecule has 0 fully saturated rings. The zero-order valence-corrected chi connectivity index (χ0v) is 9.92. The van der Waals surface area contributed by atoms with Gasteiger partial charge in [-0.15, -0.1) is 0 Å². The highest BCUT2D eigenvalue weighted by atomic mass is 32.2. The van der Waals surface area contributed by atoms with Gasteiger partial charge in [-0.25, -0.2) is 13.1 Å². The molecule has 0 aromatic heterocycles. The maximum absolute atomic E-state index is 11.1. The Morgan fingerprint density at radius 2 is 2.00 bits per heavy atom. The maximum atomic E-state index is 11.1. The summed E-state index contributed by atoms with van der Waals surface area (Å²) in [7, 11) is -1.77. The summed E-state index contributed by atoms with van der Waals surface area (Å²) in [6, 6.07) is 6.95. The van der Waals surface area contributed by atoms with E-state index >= 15 is 0 Å². The van der Waals surface area contributed by atoms with E-state index in [0.29, 0.717) is 13.1 Å². The topological polar surface area (TPSA) is 78.4 Å². The van der Waals surface area contributed by atoms with Crippen molar-refractivity contribution in [3.05, 3.63) is 29.8 Å². The first-order chi connectivity index (χ1) is 7.55. The molecule has 0 radical (unpaired) electrons. The Labute approximate surface area is 95.5 Å². The van der Waals surface area contributed by atoms with E-state index < -0.39 is 10.0 Å². The molecule has 90 valence electrons. The highest BCUT2D eigenvalue weighted by molar-refractivity contribution is 7.89. The molecule has 1 rings (SSSR count). The summed E-state index contributed by atoms with van der Waals surface area (Å²) in [6.45, 7) is 0.795. The van der Waals surface area contributed by atoms with E-state index in [1.807, 2.05) is 6.07 Å². The molecular weight excluding hydrogens is 228 g/mol. The van der Waals surface area contributed by atoms with Gasteiger partial charge in [0.2, 0.25) is 10.0 Å². The molecule has 0 aliphatic rings. The molecule has 0 aliphatic carbocycles. The third kappa shape index (κ3) is 4.18. The van der Waals surface area contributed by atoms with Gasteiger partial charge in [-0.1, -0.05) is 18.2 Å². The van der Waals surface area contributed by atoms with Crippen LogP contribution in [0.15, 0.2) is 24.3 Å². The minimum absolute atomic E-state index is 0.0249. The first-order valence-electron chi connectivity index (χ1n) is 4.94. The molecule has 3 N–H and O–H groups in total. The summed E-state index contributed by atoms with van der Waals surface area (Å²) in [4.78, 5) is 0. The second-order valence-corrected chi connectivity index (χ2v) is 5.37. The molecule has 1 aromatic rings. The summed E-state index contributed by atoms with van der Waals surface area (Å²) in [5.41, 5.74) is 0.754. The number of phenolic OH excluding ortho intramolecular Hbond substituents is 1. The van der Waals surface area contributed by atoms with Crippen molar-refractivity contribution in [3.63, 3.8) is 0 Å². The van der Waals surface area contributed by atoms with Crippen molar-refractivity contribution in [1.29, 1.82) is 0 Å². The van der Waals surface area contributed by atoms with E-state index in [0.717, 1.165) is 5.56 Å². The number of benzene rings is 1. The molecule has 0 unspecified atom stereocenters. The van der Waals surface area contributed by atoms with Gasteiger partial charge >= 0.3 is 0 Å². The molecule has 1 aromatic carbocycles. The summed E-state index contributed by atoms with van der Waals surface area (Å²) >= 11 is 0. The molecule has 0 saturated carbocycles. The van der Waals surface area contributed by atoms with Crippen molar-refractivity contribution >= 4 is 10.0 Å². The number of hydrogen-bond acceptors (Lipinski definition) is 4. The van der Waals surface area contributed by atoms with Crippen LogP contribution in [0.1, 0.15) is 5.56 Å². The Bertz CT molecular complexity index is 431. The molecule has 0 spiro atoms. The van der Waals surface area contributed by atoms with Gasteiger partial charge in [0.1, 0.15) is 5.75 Å². The molecular formula is C10H16N2O3S. The van der Waals surface area contributed by atoms with Crippen LogP contribution in [0.2, 0.25) is 0 Å². The number of aromatic hydroxyl groups is 1. The number of hydrogen-bond donors (Lipinski definition) is 3. The van der Waals surface area contributed by atoms with Gasteiger partial charge in [0.05, 0.1) is 5.75 Å². The van der Waals surface area contributed by atoms with Crippen molar-refractivity contribution in [2.24, 2.45) is 0 Å². The van der Waals surface area contributed by atoms with E-state index in [2.05, 4.69) is 10.0 Å². The van der Waals surface area contributed by atoms with Gasteiger partial charge in [0.15, 0.2) is 0 Å². The van der Waals surface area contributed by atoms with Crippen LogP contribution < -0.4 is 10.0 Å². The molecule has 5 nitrogen and oxygen atoms in total. The normalized spacial score (nSPS) is 11.6. The number of para-hydroxylation sites is 1. The molecule has 0 bridgehead atoms. The van der Waals surface area contributed by atoms with E-state index in [-0.39, 0.29) is 11.5 Å². The van der Waals surface area contributed by atoms with Crippen LogP contribution >= 0.6 is 0 Å². The fourth-order valence-electron chi connectivity index (χ4n) is 1.19. The summed E-state index contributed by atoms with van der Waals surface area (Å²) in [5.74, 6) is 0.239. The van der Waals surface area contributed by atoms with E-state index in [9.17, 15) is 13.5 Å². The fraction of sp³-hybridized carbons (Fsp3) is 0.400. The highest BCUT2D eigenvalue weighted by Gasteiger charge is 2.05. The lowest BCUT2D eigenvalue weighted by molar-refractivity contribution is 0.465. The predicted octanol–water partition coefficient (Wildman–Crippen LogP) is 0.0310. The van der Waals surface area contributed by atoms with Crippen LogP contribution in [0.5, 0.6) is 5.75 Å². The standard InChI is InChI=1S/C10H16N2O3S/c1-11-16(14,15)7-6-12-8-9-4-2-3-5-10(9)13/h2-5,11-13H,6-8H2,1H3. The van der Waals surface area contributed by atoms with Crippen LogP contribution in [-0.4, -0.2) is 32.9 Å². The third-order valence-corrected chi connectivity index (χ3v) is 3.53. The lowest BCUT2D eigenvalue weighted by Gasteiger charge is -2.06. The number of nitrogens with one attached hydrogen (secondary N) is 2. The largest absolute Gasteiger partial charge is 0.508 e. The summed E-state index contributed by atoms with van der Waals surface area (Å²) in [6.07, 6.45) is 0. The second-order valence-electron chi connectivity index (χ2n) is 3.33. The van der Waals surface area contributed by atoms with Gasteiger partial charge < -0.3 is 10.4 Å². The van der Waals surface area contributed by atoms with Crippen LogP contribution in [0.3, 0.4) is 0 Å². The molecule has 0 atom stereocenters. The molecule has 16 heavy (non-hydrogen) atoms. The Hall–Kier alpha value is -1.11. The van der Waals surface area contributed by atoms with Gasteiger partial charge in [-0.3, -0.25) is 0 Å². The van der Waals surface area contributed by atoms with Crippen molar-refractivity contribution < 1.29 is 13.5 Å². The van der Waals surface area contributed by atoms with Crippen LogP contribution in [0.4, 0.5) is 0 Å². The average Bonchev–Trinajstić information content (AvgIpc) is 2.27. The van der Waals surface area contributed by atoms with Gasteiger partial charge in [-0.2, -0.15) is 0 Å². The lowest BCUT2D eigenvalue weighted by Crippen LogP contribution is -2.29. The first-order valence-corrected chi connectivity index (χ1v) is 6.59. The quantitative estimate of drug-likeness (QED) is 0.617. The Kier molecular flexibility index (Phi) is 4.72. The average molecular weight is 244 g/mol. The van der Waals surface area contributed by atoms with Crippen molar-refractivity contribution in [3.8, 4) is 5.75 Å². The minimum Gasteiger partial charge on any atom is -0.508 e. The van der Waals surface area contributed by atoms with Gasteiger partial charge in [0, 0.05) is 18.7 Å². The molecule has 0 aliphatic heterocycles. The van der Waals surface area contributed by atoms with Crippen LogP contribution in [-0.2, 0) is 16.6 Å². The number of sulfonamides is 1. The van der Waals surface area contributed by atoms with E-state index in [1.165, 1.54) is 7.05 Å². The number of phenols is 1. The monoisotopic (exact) mass is 244 g/mol. The number of rotatable bonds is 6.